The summed E-state index contributed by atoms with van der Waals surface area (Å²) in [5.74, 6) is 0.841. The number of ketones is 1. The van der Waals surface area contributed by atoms with Gasteiger partial charge in [-0.15, -0.1) is 11.6 Å². The Morgan fingerprint density at radius 3 is 2.79 bits per heavy atom. The molecule has 0 radical (unpaired) electrons. The van der Waals surface area contributed by atoms with E-state index in [4.69, 9.17) is 11.6 Å². The molecule has 1 heterocycles. The smallest absolute Gasteiger partial charge is 0.163 e. The minimum absolute atomic E-state index is 0.109. The molecule has 1 aromatic rings. The van der Waals surface area contributed by atoms with E-state index in [0.717, 1.165) is 32.5 Å². The first kappa shape index (κ1) is 14.5. The van der Waals surface area contributed by atoms with Crippen LogP contribution >= 0.6 is 11.6 Å². The third-order valence-corrected chi connectivity index (χ3v) is 3.81. The number of piperidine rings is 1. The van der Waals surface area contributed by atoms with Gasteiger partial charge in [0, 0.05) is 31.0 Å². The minimum Gasteiger partial charge on any atom is -0.302 e. The third kappa shape index (κ3) is 4.29. The maximum Gasteiger partial charge on any atom is 0.163 e. The molecule has 2 nitrogen and oxygen atoms in total. The number of alkyl halides is 1. The van der Waals surface area contributed by atoms with E-state index in [1.54, 1.807) is 12.1 Å². The summed E-state index contributed by atoms with van der Waals surface area (Å²) in [7, 11) is 0. The molecular weight excluding hydrogens is 265 g/mol. The van der Waals surface area contributed by atoms with Crippen molar-refractivity contribution in [2.45, 2.75) is 19.3 Å². The SMILES string of the molecule is O=C(CC1CCCN(CCCl)C1)c1ccc(F)cc1. The van der Waals surface area contributed by atoms with Crippen LogP contribution in [0.3, 0.4) is 0 Å². The van der Waals surface area contributed by atoms with Gasteiger partial charge in [-0.05, 0) is 49.6 Å². The highest BCUT2D eigenvalue weighted by Crippen LogP contribution is 2.21. The van der Waals surface area contributed by atoms with Crippen LogP contribution in [0.25, 0.3) is 0 Å². The summed E-state index contributed by atoms with van der Waals surface area (Å²) in [5.41, 5.74) is 0.607. The number of hydrogen-bond acceptors (Lipinski definition) is 2. The lowest BCUT2D eigenvalue weighted by atomic mass is 9.91. The Bertz CT molecular complexity index is 419. The number of carbonyl (C=O) groups excluding carboxylic acids is 1. The van der Waals surface area contributed by atoms with Crippen LogP contribution in [0, 0.1) is 11.7 Å². The molecule has 1 aliphatic heterocycles. The number of Topliss-reactive ketones (excluding diaryl/α,β-unsaturated/α-hetero) is 1. The van der Waals surface area contributed by atoms with Crippen LogP contribution in [0.5, 0.6) is 0 Å². The molecule has 1 saturated heterocycles. The fourth-order valence-corrected chi connectivity index (χ4v) is 2.90. The molecule has 0 N–H and O–H groups in total. The summed E-state index contributed by atoms with van der Waals surface area (Å²) in [4.78, 5) is 14.4. The average molecular weight is 284 g/mol. The number of carbonyl (C=O) groups is 1. The zero-order valence-electron chi connectivity index (χ0n) is 10.9. The van der Waals surface area contributed by atoms with Crippen molar-refractivity contribution in [2.75, 3.05) is 25.5 Å². The molecule has 1 unspecified atom stereocenters. The van der Waals surface area contributed by atoms with Gasteiger partial charge in [-0.3, -0.25) is 4.79 Å². The summed E-state index contributed by atoms with van der Waals surface area (Å²) >= 11 is 5.75. The molecule has 0 aromatic heterocycles. The summed E-state index contributed by atoms with van der Waals surface area (Å²) in [6.45, 7) is 2.91. The van der Waals surface area contributed by atoms with E-state index in [0.29, 0.717) is 23.8 Å². The summed E-state index contributed by atoms with van der Waals surface area (Å²) < 4.78 is 12.8. The van der Waals surface area contributed by atoms with Crippen molar-refractivity contribution < 1.29 is 9.18 Å². The Morgan fingerprint density at radius 2 is 2.11 bits per heavy atom. The van der Waals surface area contributed by atoms with E-state index in [-0.39, 0.29) is 11.6 Å². The highest BCUT2D eigenvalue weighted by atomic mass is 35.5. The van der Waals surface area contributed by atoms with Gasteiger partial charge in [0.15, 0.2) is 5.78 Å². The maximum absolute atomic E-state index is 12.8. The van der Waals surface area contributed by atoms with Gasteiger partial charge >= 0.3 is 0 Å². The second-order valence-corrected chi connectivity index (χ2v) is 5.51. The fourth-order valence-electron chi connectivity index (χ4n) is 2.66. The minimum atomic E-state index is -0.303. The molecule has 1 fully saturated rings. The second kappa shape index (κ2) is 7.01. The lowest BCUT2D eigenvalue weighted by Crippen LogP contribution is -2.37. The zero-order chi connectivity index (χ0) is 13.7. The molecule has 0 amide bonds. The predicted molar refractivity (Wildman–Crippen MR) is 75.2 cm³/mol. The quantitative estimate of drug-likeness (QED) is 0.610. The first-order valence-corrected chi connectivity index (χ1v) is 7.29. The van der Waals surface area contributed by atoms with Gasteiger partial charge in [0.1, 0.15) is 5.82 Å². The Morgan fingerprint density at radius 1 is 1.37 bits per heavy atom. The van der Waals surface area contributed by atoms with E-state index in [1.807, 2.05) is 0 Å². The van der Waals surface area contributed by atoms with Gasteiger partial charge in [-0.1, -0.05) is 0 Å². The molecule has 2 rings (SSSR count). The molecule has 0 aliphatic carbocycles. The first-order valence-electron chi connectivity index (χ1n) is 6.76. The lowest BCUT2D eigenvalue weighted by Gasteiger charge is -2.31. The van der Waals surface area contributed by atoms with Gasteiger partial charge in [-0.25, -0.2) is 4.39 Å². The molecule has 0 bridgehead atoms. The van der Waals surface area contributed by atoms with Crippen LogP contribution in [0.15, 0.2) is 24.3 Å². The van der Waals surface area contributed by atoms with E-state index >= 15 is 0 Å². The number of halogens is 2. The Kier molecular flexibility index (Phi) is 5.34. The molecule has 1 atom stereocenters. The number of rotatable bonds is 5. The van der Waals surface area contributed by atoms with Gasteiger partial charge in [0.2, 0.25) is 0 Å². The summed E-state index contributed by atoms with van der Waals surface area (Å²) in [6.07, 6.45) is 2.76. The molecule has 0 spiro atoms. The van der Waals surface area contributed by atoms with Crippen molar-refractivity contribution in [3.8, 4) is 0 Å². The molecular formula is C15H19ClFNO. The third-order valence-electron chi connectivity index (χ3n) is 3.64. The Hall–Kier alpha value is -0.930. The molecule has 1 aromatic carbocycles. The lowest BCUT2D eigenvalue weighted by molar-refractivity contribution is 0.0921. The first-order chi connectivity index (χ1) is 9.19. The molecule has 19 heavy (non-hydrogen) atoms. The van der Waals surface area contributed by atoms with Gasteiger partial charge in [0.25, 0.3) is 0 Å². The zero-order valence-corrected chi connectivity index (χ0v) is 11.7. The Labute approximate surface area is 118 Å². The van der Waals surface area contributed by atoms with Crippen LogP contribution in [0.1, 0.15) is 29.6 Å². The van der Waals surface area contributed by atoms with E-state index in [1.165, 1.54) is 12.1 Å². The number of likely N-dealkylation sites (tertiary alicyclic amines) is 1. The predicted octanol–water partition coefficient (Wildman–Crippen LogP) is 3.35. The van der Waals surface area contributed by atoms with Crippen LogP contribution in [0.4, 0.5) is 4.39 Å². The number of hydrogen-bond donors (Lipinski definition) is 0. The van der Waals surface area contributed by atoms with Crippen molar-refractivity contribution >= 4 is 17.4 Å². The van der Waals surface area contributed by atoms with Crippen LogP contribution in [-0.2, 0) is 0 Å². The highest BCUT2D eigenvalue weighted by molar-refractivity contribution is 6.18. The van der Waals surface area contributed by atoms with Crippen LogP contribution < -0.4 is 0 Å². The summed E-state index contributed by atoms with van der Waals surface area (Å²) in [5, 5.41) is 0. The fraction of sp³-hybridized carbons (Fsp3) is 0.533. The monoisotopic (exact) mass is 283 g/mol. The standard InChI is InChI=1S/C15H19ClFNO/c16-7-9-18-8-1-2-12(11-18)10-15(19)13-3-5-14(17)6-4-13/h3-6,12H,1-2,7-11H2. The number of benzene rings is 1. The van der Waals surface area contributed by atoms with Crippen molar-refractivity contribution in [3.05, 3.63) is 35.6 Å². The van der Waals surface area contributed by atoms with Crippen molar-refractivity contribution in [1.82, 2.24) is 4.90 Å². The Balaban J connectivity index is 1.89. The van der Waals surface area contributed by atoms with Crippen LogP contribution in [0.2, 0.25) is 0 Å². The van der Waals surface area contributed by atoms with E-state index < -0.39 is 0 Å². The summed E-state index contributed by atoms with van der Waals surface area (Å²) in [6, 6.07) is 5.82. The average Bonchev–Trinajstić information content (AvgIpc) is 2.40. The normalized spacial score (nSPS) is 20.4. The maximum atomic E-state index is 12.8. The molecule has 1 aliphatic rings. The molecule has 0 saturated carbocycles. The number of nitrogens with zero attached hydrogens (tertiary/aromatic N) is 1. The van der Waals surface area contributed by atoms with Crippen molar-refractivity contribution in [3.63, 3.8) is 0 Å². The molecule has 4 heteroatoms. The van der Waals surface area contributed by atoms with Crippen molar-refractivity contribution in [2.24, 2.45) is 5.92 Å². The van der Waals surface area contributed by atoms with E-state index in [9.17, 15) is 9.18 Å². The van der Waals surface area contributed by atoms with Gasteiger partial charge < -0.3 is 4.90 Å². The van der Waals surface area contributed by atoms with Gasteiger partial charge in [0.05, 0.1) is 0 Å². The largest absolute Gasteiger partial charge is 0.302 e. The highest BCUT2D eigenvalue weighted by Gasteiger charge is 2.22. The molecule has 104 valence electrons. The van der Waals surface area contributed by atoms with Crippen LogP contribution in [-0.4, -0.2) is 36.2 Å². The van der Waals surface area contributed by atoms with Gasteiger partial charge in [-0.2, -0.15) is 0 Å². The topological polar surface area (TPSA) is 20.3 Å². The van der Waals surface area contributed by atoms with E-state index in [2.05, 4.69) is 4.90 Å². The second-order valence-electron chi connectivity index (χ2n) is 5.13. The van der Waals surface area contributed by atoms with Crippen molar-refractivity contribution in [1.29, 1.82) is 0 Å².